The number of carbonyl (C=O) groups excluding carboxylic acids is 2. The maximum atomic E-state index is 12.5. The maximum absolute atomic E-state index is 12.5. The molecule has 0 saturated carbocycles. The number of aromatic nitrogens is 3. The van der Waals surface area contributed by atoms with Gasteiger partial charge in [-0.25, -0.2) is 9.78 Å². The van der Waals surface area contributed by atoms with Crippen LogP contribution in [0, 0.1) is 5.92 Å². The van der Waals surface area contributed by atoms with E-state index in [1.54, 1.807) is 6.33 Å². The van der Waals surface area contributed by atoms with Crippen molar-refractivity contribution in [2.24, 2.45) is 11.7 Å². The number of carbonyl (C=O) groups is 2. The molecule has 0 aliphatic carbocycles. The lowest BCUT2D eigenvalue weighted by atomic mass is 9.96. The van der Waals surface area contributed by atoms with E-state index in [1.165, 1.54) is 6.33 Å². The highest BCUT2D eigenvalue weighted by molar-refractivity contribution is 5.86. The van der Waals surface area contributed by atoms with Crippen molar-refractivity contribution in [1.82, 2.24) is 25.0 Å². The van der Waals surface area contributed by atoms with Gasteiger partial charge in [0.1, 0.15) is 18.7 Å². The van der Waals surface area contributed by atoms with E-state index in [-0.39, 0.29) is 5.91 Å². The molecular weight excluding hydrogens is 284 g/mol. The zero-order valence-corrected chi connectivity index (χ0v) is 12.9. The Kier molecular flexibility index (Phi) is 5.74. The molecule has 3 amide bonds. The molecule has 1 aliphatic heterocycles. The molecule has 0 bridgehead atoms. The minimum Gasteiger partial charge on any atom is -0.352 e. The van der Waals surface area contributed by atoms with Crippen LogP contribution in [0.2, 0.25) is 0 Å². The molecule has 22 heavy (non-hydrogen) atoms. The molecule has 1 aromatic rings. The van der Waals surface area contributed by atoms with Crippen LogP contribution >= 0.6 is 0 Å². The summed E-state index contributed by atoms with van der Waals surface area (Å²) in [5.41, 5.74) is 5.15. The lowest BCUT2D eigenvalue weighted by Gasteiger charge is -2.34. The van der Waals surface area contributed by atoms with Gasteiger partial charge in [0.15, 0.2) is 0 Å². The van der Waals surface area contributed by atoms with Gasteiger partial charge in [-0.1, -0.05) is 13.3 Å². The number of piperidine rings is 1. The van der Waals surface area contributed by atoms with Gasteiger partial charge in [0.25, 0.3) is 0 Å². The standard InChI is InChI=1S/C14H24N6O2/c1-2-3-12(18-14(15)22)13(21)19-6-4-11(5-7-19)8-20-10-16-9-17-20/h9-12H,2-8H2,1H3,(H3,15,18,22)/t12-/m1/s1. The average Bonchev–Trinajstić information content (AvgIpc) is 2.99. The van der Waals surface area contributed by atoms with E-state index >= 15 is 0 Å². The zero-order chi connectivity index (χ0) is 15.9. The molecule has 2 rings (SSSR count). The summed E-state index contributed by atoms with van der Waals surface area (Å²) >= 11 is 0. The third-order valence-corrected chi connectivity index (χ3v) is 4.03. The monoisotopic (exact) mass is 308 g/mol. The maximum Gasteiger partial charge on any atom is 0.312 e. The van der Waals surface area contributed by atoms with Crippen LogP contribution in [0.3, 0.4) is 0 Å². The summed E-state index contributed by atoms with van der Waals surface area (Å²) in [6.45, 7) is 4.23. The van der Waals surface area contributed by atoms with Crippen molar-refractivity contribution >= 4 is 11.9 Å². The van der Waals surface area contributed by atoms with Crippen molar-refractivity contribution in [3.05, 3.63) is 12.7 Å². The molecule has 8 nitrogen and oxygen atoms in total. The second-order valence-electron chi connectivity index (χ2n) is 5.74. The normalized spacial score (nSPS) is 17.2. The van der Waals surface area contributed by atoms with Gasteiger partial charge < -0.3 is 16.0 Å². The zero-order valence-electron chi connectivity index (χ0n) is 12.9. The largest absolute Gasteiger partial charge is 0.352 e. The Morgan fingerprint density at radius 2 is 2.14 bits per heavy atom. The first-order valence-electron chi connectivity index (χ1n) is 7.77. The molecule has 0 unspecified atom stereocenters. The van der Waals surface area contributed by atoms with E-state index in [1.807, 2.05) is 16.5 Å². The minimum absolute atomic E-state index is 0.0279. The third kappa shape index (κ3) is 4.44. The summed E-state index contributed by atoms with van der Waals surface area (Å²) in [4.78, 5) is 29.3. The van der Waals surface area contributed by atoms with Crippen LogP contribution in [0.1, 0.15) is 32.6 Å². The SMILES string of the molecule is CCC[C@@H](NC(N)=O)C(=O)N1CCC(Cn2cncn2)CC1. The summed E-state index contributed by atoms with van der Waals surface area (Å²) < 4.78 is 1.83. The Bertz CT molecular complexity index is 482. The molecule has 1 aromatic heterocycles. The number of nitrogens with zero attached hydrogens (tertiary/aromatic N) is 4. The van der Waals surface area contributed by atoms with Crippen LogP contribution in [0.25, 0.3) is 0 Å². The number of amides is 3. The fraction of sp³-hybridized carbons (Fsp3) is 0.714. The minimum atomic E-state index is -0.645. The molecule has 3 N–H and O–H groups in total. The van der Waals surface area contributed by atoms with Gasteiger partial charge >= 0.3 is 6.03 Å². The summed E-state index contributed by atoms with van der Waals surface area (Å²) in [7, 11) is 0. The second kappa shape index (κ2) is 7.77. The van der Waals surface area contributed by atoms with E-state index in [0.29, 0.717) is 25.4 Å². The number of rotatable bonds is 6. The molecule has 0 aromatic carbocycles. The van der Waals surface area contributed by atoms with Crippen molar-refractivity contribution in [2.75, 3.05) is 13.1 Å². The van der Waals surface area contributed by atoms with Crippen LogP contribution in [0.4, 0.5) is 4.79 Å². The summed E-state index contributed by atoms with van der Waals surface area (Å²) in [6.07, 6.45) is 6.54. The Balaban J connectivity index is 1.83. The highest BCUT2D eigenvalue weighted by Crippen LogP contribution is 2.19. The quantitative estimate of drug-likeness (QED) is 0.791. The summed E-state index contributed by atoms with van der Waals surface area (Å²) in [6, 6.07) is -1.15. The molecule has 1 aliphatic rings. The van der Waals surface area contributed by atoms with E-state index < -0.39 is 12.1 Å². The van der Waals surface area contributed by atoms with Gasteiger partial charge in [-0.2, -0.15) is 5.10 Å². The van der Waals surface area contributed by atoms with E-state index in [4.69, 9.17) is 5.73 Å². The molecule has 1 atom stereocenters. The molecule has 1 fully saturated rings. The number of hydrogen-bond acceptors (Lipinski definition) is 4. The Hall–Kier alpha value is -2.12. The average molecular weight is 308 g/mol. The van der Waals surface area contributed by atoms with E-state index in [2.05, 4.69) is 15.4 Å². The summed E-state index contributed by atoms with van der Waals surface area (Å²) in [5, 5.41) is 6.66. The van der Waals surface area contributed by atoms with Crippen molar-refractivity contribution in [2.45, 2.75) is 45.2 Å². The van der Waals surface area contributed by atoms with Crippen LogP contribution in [0.5, 0.6) is 0 Å². The van der Waals surface area contributed by atoms with Gasteiger partial charge in [0, 0.05) is 19.6 Å². The molecule has 8 heteroatoms. The lowest BCUT2D eigenvalue weighted by molar-refractivity contribution is -0.134. The number of nitrogens with one attached hydrogen (secondary N) is 1. The first-order valence-corrected chi connectivity index (χ1v) is 7.77. The predicted molar refractivity (Wildman–Crippen MR) is 80.7 cm³/mol. The van der Waals surface area contributed by atoms with Crippen molar-refractivity contribution in [3.8, 4) is 0 Å². The second-order valence-corrected chi connectivity index (χ2v) is 5.74. The predicted octanol–water partition coefficient (Wildman–Crippen LogP) is 0.354. The van der Waals surface area contributed by atoms with Gasteiger partial charge in [-0.3, -0.25) is 9.48 Å². The highest BCUT2D eigenvalue weighted by Gasteiger charge is 2.28. The first kappa shape index (κ1) is 16.3. The fourth-order valence-electron chi connectivity index (χ4n) is 2.87. The van der Waals surface area contributed by atoms with E-state index in [0.717, 1.165) is 25.8 Å². The van der Waals surface area contributed by atoms with Crippen LogP contribution in [-0.4, -0.2) is 50.7 Å². The van der Waals surface area contributed by atoms with Crippen molar-refractivity contribution < 1.29 is 9.59 Å². The third-order valence-electron chi connectivity index (χ3n) is 4.03. The Morgan fingerprint density at radius 1 is 1.41 bits per heavy atom. The molecule has 0 radical (unpaired) electrons. The van der Waals surface area contributed by atoms with E-state index in [9.17, 15) is 9.59 Å². The van der Waals surface area contributed by atoms with Crippen molar-refractivity contribution in [1.29, 1.82) is 0 Å². The van der Waals surface area contributed by atoms with Gasteiger partial charge in [-0.05, 0) is 25.2 Å². The number of likely N-dealkylation sites (tertiary alicyclic amines) is 1. The first-order chi connectivity index (χ1) is 10.6. The Labute approximate surface area is 130 Å². The fourth-order valence-corrected chi connectivity index (χ4v) is 2.87. The van der Waals surface area contributed by atoms with Crippen LogP contribution in [-0.2, 0) is 11.3 Å². The molecule has 0 spiro atoms. The molecule has 1 saturated heterocycles. The molecular formula is C14H24N6O2. The molecule has 2 heterocycles. The number of nitrogens with two attached hydrogens (primary N) is 1. The summed E-state index contributed by atoms with van der Waals surface area (Å²) in [5.74, 6) is 0.472. The smallest absolute Gasteiger partial charge is 0.312 e. The Morgan fingerprint density at radius 3 is 2.68 bits per heavy atom. The van der Waals surface area contributed by atoms with Crippen LogP contribution in [0.15, 0.2) is 12.7 Å². The highest BCUT2D eigenvalue weighted by atomic mass is 16.2. The van der Waals surface area contributed by atoms with Gasteiger partial charge in [0.05, 0.1) is 0 Å². The van der Waals surface area contributed by atoms with Crippen LogP contribution < -0.4 is 11.1 Å². The van der Waals surface area contributed by atoms with Gasteiger partial charge in [0.2, 0.25) is 5.91 Å². The molecule has 122 valence electrons. The number of urea groups is 1. The van der Waals surface area contributed by atoms with Crippen molar-refractivity contribution in [3.63, 3.8) is 0 Å². The topological polar surface area (TPSA) is 106 Å². The number of hydrogen-bond donors (Lipinski definition) is 2. The number of primary amides is 1. The lowest BCUT2D eigenvalue weighted by Crippen LogP contribution is -2.52. The van der Waals surface area contributed by atoms with Gasteiger partial charge in [-0.15, -0.1) is 0 Å².